The van der Waals surface area contributed by atoms with Crippen LogP contribution in [0.3, 0.4) is 0 Å². The number of carbonyl (C=O) groups excluding carboxylic acids is 3. The van der Waals surface area contributed by atoms with Crippen molar-refractivity contribution in [3.8, 4) is 5.69 Å². The SMILES string of the molecule is Cc1cc(C(=O)CN2C(=O)N[C@H](CC(C)C)C2=O)c(C)n1-c1ccc(Cl)cc1. The van der Waals surface area contributed by atoms with Crippen LogP contribution in [0.5, 0.6) is 0 Å². The third kappa shape index (κ3) is 3.83. The fourth-order valence-corrected chi connectivity index (χ4v) is 3.75. The zero-order valence-corrected chi connectivity index (χ0v) is 17.2. The molecule has 1 fully saturated rings. The van der Waals surface area contributed by atoms with Crippen LogP contribution in [-0.2, 0) is 4.79 Å². The summed E-state index contributed by atoms with van der Waals surface area (Å²) in [6, 6.07) is 8.07. The maximum Gasteiger partial charge on any atom is 0.325 e. The average molecular weight is 402 g/mol. The number of Topliss-reactive ketones (excluding diaryl/α,β-unsaturated/α-hetero) is 1. The van der Waals surface area contributed by atoms with Crippen LogP contribution >= 0.6 is 11.6 Å². The number of carbonyl (C=O) groups is 3. The van der Waals surface area contributed by atoms with Gasteiger partial charge in [-0.2, -0.15) is 0 Å². The lowest BCUT2D eigenvalue weighted by Gasteiger charge is -2.13. The van der Waals surface area contributed by atoms with Crippen LogP contribution in [0.2, 0.25) is 5.02 Å². The maximum absolute atomic E-state index is 12.9. The van der Waals surface area contributed by atoms with Crippen molar-refractivity contribution < 1.29 is 14.4 Å². The summed E-state index contributed by atoms with van der Waals surface area (Å²) >= 11 is 5.96. The highest BCUT2D eigenvalue weighted by molar-refractivity contribution is 6.30. The van der Waals surface area contributed by atoms with Gasteiger partial charge in [0.15, 0.2) is 5.78 Å². The van der Waals surface area contributed by atoms with Gasteiger partial charge < -0.3 is 9.88 Å². The molecule has 1 atom stereocenters. The van der Waals surface area contributed by atoms with E-state index in [0.29, 0.717) is 17.0 Å². The molecule has 1 aromatic heterocycles. The van der Waals surface area contributed by atoms with Gasteiger partial charge in [0.05, 0.1) is 6.54 Å². The fraction of sp³-hybridized carbons (Fsp3) is 0.381. The lowest BCUT2D eigenvalue weighted by Crippen LogP contribution is -2.36. The van der Waals surface area contributed by atoms with Crippen LogP contribution in [0.1, 0.15) is 42.0 Å². The molecule has 1 aliphatic heterocycles. The van der Waals surface area contributed by atoms with Crippen molar-refractivity contribution >= 4 is 29.3 Å². The van der Waals surface area contributed by atoms with Gasteiger partial charge in [-0.3, -0.25) is 14.5 Å². The standard InChI is InChI=1S/C21H24ClN3O3/c1-12(2)9-18-20(27)24(21(28)23-18)11-19(26)17-10-13(3)25(14(17)4)16-7-5-15(22)6-8-16/h5-8,10,12,18H,9,11H2,1-4H3,(H,23,28)/t18-/m1/s1. The molecule has 3 rings (SSSR count). The van der Waals surface area contributed by atoms with E-state index in [1.807, 2.05) is 44.4 Å². The highest BCUT2D eigenvalue weighted by Gasteiger charge is 2.39. The Balaban J connectivity index is 1.82. The van der Waals surface area contributed by atoms with Gasteiger partial charge in [-0.05, 0) is 56.5 Å². The van der Waals surface area contributed by atoms with Gasteiger partial charge in [0.2, 0.25) is 0 Å². The van der Waals surface area contributed by atoms with E-state index in [-0.39, 0.29) is 24.2 Å². The molecule has 7 heteroatoms. The highest BCUT2D eigenvalue weighted by atomic mass is 35.5. The summed E-state index contributed by atoms with van der Waals surface area (Å²) in [5.41, 5.74) is 3.04. The Bertz CT molecular complexity index is 931. The summed E-state index contributed by atoms with van der Waals surface area (Å²) in [7, 11) is 0. The third-order valence-corrected chi connectivity index (χ3v) is 5.18. The Morgan fingerprint density at radius 2 is 1.82 bits per heavy atom. The lowest BCUT2D eigenvalue weighted by atomic mass is 10.0. The number of aryl methyl sites for hydroxylation is 1. The van der Waals surface area contributed by atoms with Crippen molar-refractivity contribution in [3.63, 3.8) is 0 Å². The van der Waals surface area contributed by atoms with Crippen molar-refractivity contribution in [1.82, 2.24) is 14.8 Å². The summed E-state index contributed by atoms with van der Waals surface area (Å²) in [5.74, 6) is -0.330. The number of rotatable bonds is 6. The number of imide groups is 1. The first-order valence-corrected chi connectivity index (χ1v) is 9.66. The molecule has 1 N–H and O–H groups in total. The number of urea groups is 1. The quantitative estimate of drug-likeness (QED) is 0.589. The molecule has 0 radical (unpaired) electrons. The summed E-state index contributed by atoms with van der Waals surface area (Å²) < 4.78 is 1.96. The number of amides is 3. The van der Waals surface area contributed by atoms with E-state index in [0.717, 1.165) is 22.0 Å². The summed E-state index contributed by atoms with van der Waals surface area (Å²) in [4.78, 5) is 38.6. The van der Waals surface area contributed by atoms with Crippen LogP contribution in [-0.4, -0.2) is 39.8 Å². The molecule has 0 bridgehead atoms. The minimum Gasteiger partial charge on any atom is -0.326 e. The van der Waals surface area contributed by atoms with Gasteiger partial charge in [0.1, 0.15) is 6.04 Å². The van der Waals surface area contributed by atoms with Crippen LogP contribution in [0.4, 0.5) is 4.79 Å². The van der Waals surface area contributed by atoms with E-state index in [4.69, 9.17) is 11.6 Å². The molecule has 0 aliphatic carbocycles. The van der Waals surface area contributed by atoms with E-state index >= 15 is 0 Å². The summed E-state index contributed by atoms with van der Waals surface area (Å²) in [6.07, 6.45) is 0.556. The molecule has 3 amide bonds. The van der Waals surface area contributed by atoms with Gasteiger partial charge in [0, 0.05) is 27.7 Å². The molecular weight excluding hydrogens is 378 g/mol. The molecule has 0 saturated carbocycles. The number of hydrogen-bond donors (Lipinski definition) is 1. The Morgan fingerprint density at radius 1 is 1.18 bits per heavy atom. The number of halogens is 1. The summed E-state index contributed by atoms with van der Waals surface area (Å²) in [6.45, 7) is 7.47. The van der Waals surface area contributed by atoms with Crippen molar-refractivity contribution in [2.24, 2.45) is 5.92 Å². The van der Waals surface area contributed by atoms with E-state index in [9.17, 15) is 14.4 Å². The van der Waals surface area contributed by atoms with Crippen LogP contribution in [0.25, 0.3) is 5.69 Å². The predicted molar refractivity (Wildman–Crippen MR) is 108 cm³/mol. The second-order valence-corrected chi connectivity index (χ2v) is 8.01. The molecule has 0 spiro atoms. The Hall–Kier alpha value is -2.60. The largest absolute Gasteiger partial charge is 0.326 e. The fourth-order valence-electron chi connectivity index (χ4n) is 3.62. The number of benzene rings is 1. The Kier molecular flexibility index (Phi) is 5.61. The molecule has 148 valence electrons. The Labute approximate surface area is 169 Å². The van der Waals surface area contributed by atoms with E-state index < -0.39 is 12.1 Å². The maximum atomic E-state index is 12.9. The monoisotopic (exact) mass is 401 g/mol. The van der Waals surface area contributed by atoms with Crippen molar-refractivity contribution in [2.75, 3.05) is 6.54 Å². The first-order chi connectivity index (χ1) is 13.2. The molecule has 0 unspecified atom stereocenters. The minimum atomic E-state index is -0.554. The zero-order valence-electron chi connectivity index (χ0n) is 16.5. The van der Waals surface area contributed by atoms with Gasteiger partial charge in [-0.1, -0.05) is 25.4 Å². The van der Waals surface area contributed by atoms with Crippen molar-refractivity contribution in [2.45, 2.75) is 40.2 Å². The third-order valence-electron chi connectivity index (χ3n) is 4.93. The van der Waals surface area contributed by atoms with Crippen molar-refractivity contribution in [1.29, 1.82) is 0 Å². The molecule has 2 aromatic rings. The number of ketones is 1. The first kappa shape index (κ1) is 20.1. The van der Waals surface area contributed by atoms with Crippen molar-refractivity contribution in [3.05, 3.63) is 52.3 Å². The zero-order chi connectivity index (χ0) is 20.6. The number of aromatic nitrogens is 1. The molecule has 1 saturated heterocycles. The molecule has 1 aromatic carbocycles. The number of hydrogen-bond acceptors (Lipinski definition) is 3. The van der Waals surface area contributed by atoms with Crippen LogP contribution in [0, 0.1) is 19.8 Å². The topological polar surface area (TPSA) is 71.4 Å². The normalized spacial score (nSPS) is 16.8. The van der Waals surface area contributed by atoms with Crippen LogP contribution in [0.15, 0.2) is 30.3 Å². The lowest BCUT2D eigenvalue weighted by molar-refractivity contribution is -0.127. The van der Waals surface area contributed by atoms with E-state index in [1.54, 1.807) is 18.2 Å². The molecule has 2 heterocycles. The molecular formula is C21H24ClN3O3. The van der Waals surface area contributed by atoms with Gasteiger partial charge in [0.25, 0.3) is 5.91 Å². The van der Waals surface area contributed by atoms with Gasteiger partial charge in [-0.25, -0.2) is 4.79 Å². The first-order valence-electron chi connectivity index (χ1n) is 9.29. The van der Waals surface area contributed by atoms with Gasteiger partial charge >= 0.3 is 6.03 Å². The Morgan fingerprint density at radius 3 is 2.43 bits per heavy atom. The minimum absolute atomic E-state index is 0.260. The van der Waals surface area contributed by atoms with Crippen LogP contribution < -0.4 is 5.32 Å². The molecule has 6 nitrogen and oxygen atoms in total. The second-order valence-electron chi connectivity index (χ2n) is 7.58. The smallest absolute Gasteiger partial charge is 0.325 e. The highest BCUT2D eigenvalue weighted by Crippen LogP contribution is 2.23. The molecule has 28 heavy (non-hydrogen) atoms. The average Bonchev–Trinajstić information content (AvgIpc) is 3.06. The number of nitrogens with one attached hydrogen (secondary N) is 1. The van der Waals surface area contributed by atoms with E-state index in [2.05, 4.69) is 5.32 Å². The van der Waals surface area contributed by atoms with Gasteiger partial charge in [-0.15, -0.1) is 0 Å². The van der Waals surface area contributed by atoms with E-state index in [1.165, 1.54) is 0 Å². The summed E-state index contributed by atoms with van der Waals surface area (Å²) in [5, 5.41) is 3.31. The molecule has 1 aliphatic rings. The predicted octanol–water partition coefficient (Wildman–Crippen LogP) is 3.90. The number of nitrogens with zero attached hydrogens (tertiary/aromatic N) is 2. The second kappa shape index (κ2) is 7.80.